The molecule has 1 atom stereocenters. The van der Waals surface area contributed by atoms with E-state index in [1.54, 1.807) is 12.1 Å². The van der Waals surface area contributed by atoms with Gasteiger partial charge in [-0.3, -0.25) is 14.1 Å². The monoisotopic (exact) mass is 372 g/mol. The lowest BCUT2D eigenvalue weighted by Crippen LogP contribution is -2.05. The van der Waals surface area contributed by atoms with Gasteiger partial charge in [-0.1, -0.05) is 31.4 Å². The highest BCUT2D eigenvalue weighted by molar-refractivity contribution is 7.85. The Hall–Kier alpha value is -1.93. The summed E-state index contributed by atoms with van der Waals surface area (Å²) in [5, 5.41) is 17.5. The van der Waals surface area contributed by atoms with Gasteiger partial charge in [0.1, 0.15) is 0 Å². The summed E-state index contributed by atoms with van der Waals surface area (Å²) in [4.78, 5) is 21.1. The second kappa shape index (κ2) is 10.1. The van der Waals surface area contributed by atoms with Gasteiger partial charge in [0.2, 0.25) is 0 Å². The van der Waals surface area contributed by atoms with Gasteiger partial charge in [0.15, 0.2) is 0 Å². The lowest BCUT2D eigenvalue weighted by molar-refractivity contribution is -0.138. The summed E-state index contributed by atoms with van der Waals surface area (Å²) < 4.78 is 31.2. The van der Waals surface area contributed by atoms with E-state index in [1.807, 2.05) is 0 Å². The molecule has 0 saturated heterocycles. The highest BCUT2D eigenvalue weighted by Gasteiger charge is 2.15. The van der Waals surface area contributed by atoms with E-state index >= 15 is 0 Å². The van der Waals surface area contributed by atoms with Gasteiger partial charge in [-0.05, 0) is 42.9 Å². The lowest BCUT2D eigenvalue weighted by Gasteiger charge is -2.17. The molecule has 25 heavy (non-hydrogen) atoms. The van der Waals surface area contributed by atoms with Gasteiger partial charge in [0.25, 0.3) is 10.1 Å². The summed E-state index contributed by atoms with van der Waals surface area (Å²) >= 11 is 0. The highest BCUT2D eigenvalue weighted by atomic mass is 32.2. The Kier molecular flexibility index (Phi) is 8.57. The molecule has 0 aliphatic rings. The van der Waals surface area contributed by atoms with Crippen LogP contribution in [0.3, 0.4) is 0 Å². The maximum absolute atomic E-state index is 11.1. The van der Waals surface area contributed by atoms with Crippen LogP contribution in [0.2, 0.25) is 0 Å². The number of hydrogen-bond donors (Lipinski definition) is 3. The predicted octanol–water partition coefficient (Wildman–Crippen LogP) is 3.31. The second-order valence-corrected chi connectivity index (χ2v) is 7.44. The van der Waals surface area contributed by atoms with Crippen LogP contribution in [0.15, 0.2) is 29.2 Å². The zero-order valence-corrected chi connectivity index (χ0v) is 14.7. The van der Waals surface area contributed by atoms with Gasteiger partial charge in [-0.25, -0.2) is 0 Å². The van der Waals surface area contributed by atoms with Gasteiger partial charge >= 0.3 is 11.9 Å². The number of carboxylic acid groups (broad SMARTS) is 2. The summed E-state index contributed by atoms with van der Waals surface area (Å²) in [6.45, 7) is 0. The molecular weight excluding hydrogens is 348 g/mol. The molecule has 7 nitrogen and oxygen atoms in total. The van der Waals surface area contributed by atoms with Crippen LogP contribution in [0.4, 0.5) is 0 Å². The third kappa shape index (κ3) is 8.64. The molecule has 140 valence electrons. The van der Waals surface area contributed by atoms with Crippen LogP contribution in [0.25, 0.3) is 0 Å². The topological polar surface area (TPSA) is 129 Å². The number of carbonyl (C=O) groups is 2. The minimum atomic E-state index is -4.25. The molecule has 0 spiro atoms. The van der Waals surface area contributed by atoms with E-state index in [2.05, 4.69) is 0 Å². The van der Waals surface area contributed by atoms with Crippen LogP contribution < -0.4 is 0 Å². The van der Waals surface area contributed by atoms with Crippen molar-refractivity contribution in [3.05, 3.63) is 29.8 Å². The maximum Gasteiger partial charge on any atom is 0.303 e. The minimum Gasteiger partial charge on any atom is -0.481 e. The Balaban J connectivity index is 2.63. The van der Waals surface area contributed by atoms with Crippen LogP contribution in [0.1, 0.15) is 62.8 Å². The first kappa shape index (κ1) is 21.1. The molecule has 1 aromatic carbocycles. The van der Waals surface area contributed by atoms with Crippen molar-refractivity contribution in [3.63, 3.8) is 0 Å². The van der Waals surface area contributed by atoms with Gasteiger partial charge in [-0.15, -0.1) is 0 Å². The number of unbranched alkanes of at least 4 members (excludes halogenated alkanes) is 3. The van der Waals surface area contributed by atoms with E-state index in [0.717, 1.165) is 31.2 Å². The van der Waals surface area contributed by atoms with E-state index in [4.69, 9.17) is 14.8 Å². The summed E-state index contributed by atoms with van der Waals surface area (Å²) in [6.07, 6.45) is 4.48. The maximum atomic E-state index is 11.1. The molecule has 1 rings (SSSR count). The van der Waals surface area contributed by atoms with Crippen LogP contribution in [-0.4, -0.2) is 35.1 Å². The average Bonchev–Trinajstić information content (AvgIpc) is 2.52. The Morgan fingerprint density at radius 2 is 1.40 bits per heavy atom. The molecule has 0 saturated carbocycles. The third-order valence-electron chi connectivity index (χ3n) is 4.05. The van der Waals surface area contributed by atoms with Gasteiger partial charge in [0.05, 0.1) is 4.90 Å². The molecule has 0 fully saturated rings. The molecule has 0 heterocycles. The van der Waals surface area contributed by atoms with Gasteiger partial charge in [-0.2, -0.15) is 8.42 Å². The fourth-order valence-electron chi connectivity index (χ4n) is 2.71. The van der Waals surface area contributed by atoms with Crippen LogP contribution in [0, 0.1) is 0 Å². The summed E-state index contributed by atoms with van der Waals surface area (Å²) in [5.41, 5.74) is 0.833. The van der Waals surface area contributed by atoms with Crippen molar-refractivity contribution in [2.45, 2.75) is 62.2 Å². The van der Waals surface area contributed by atoms with Crippen LogP contribution in [-0.2, 0) is 19.7 Å². The van der Waals surface area contributed by atoms with E-state index in [9.17, 15) is 18.0 Å². The van der Waals surface area contributed by atoms with Crippen molar-refractivity contribution < 1.29 is 32.8 Å². The van der Waals surface area contributed by atoms with Gasteiger partial charge in [0, 0.05) is 12.8 Å². The Bertz CT molecular complexity index is 665. The van der Waals surface area contributed by atoms with Crippen molar-refractivity contribution in [1.82, 2.24) is 0 Å². The summed E-state index contributed by atoms with van der Waals surface area (Å²) in [7, 11) is -4.25. The third-order valence-corrected chi connectivity index (χ3v) is 4.92. The fourth-order valence-corrected chi connectivity index (χ4v) is 3.19. The molecule has 1 unspecified atom stereocenters. The Morgan fingerprint density at radius 1 is 0.840 bits per heavy atom. The van der Waals surface area contributed by atoms with Crippen molar-refractivity contribution in [2.75, 3.05) is 0 Å². The fraction of sp³-hybridized carbons (Fsp3) is 0.529. The van der Waals surface area contributed by atoms with Crippen molar-refractivity contribution in [3.8, 4) is 0 Å². The second-order valence-electron chi connectivity index (χ2n) is 6.02. The predicted molar refractivity (Wildman–Crippen MR) is 91.2 cm³/mol. The molecule has 0 aliphatic carbocycles. The quantitative estimate of drug-likeness (QED) is 0.379. The lowest BCUT2D eigenvalue weighted by atomic mass is 9.89. The first-order valence-electron chi connectivity index (χ1n) is 8.21. The van der Waals surface area contributed by atoms with Crippen molar-refractivity contribution in [1.29, 1.82) is 0 Å². The molecule has 0 aromatic heterocycles. The van der Waals surface area contributed by atoms with E-state index in [1.165, 1.54) is 12.1 Å². The van der Waals surface area contributed by atoms with Crippen molar-refractivity contribution in [2.24, 2.45) is 0 Å². The molecule has 3 N–H and O–H groups in total. The molecule has 0 bridgehead atoms. The Labute approximate surface area is 147 Å². The van der Waals surface area contributed by atoms with Crippen LogP contribution >= 0.6 is 0 Å². The van der Waals surface area contributed by atoms with E-state index < -0.39 is 22.1 Å². The summed E-state index contributed by atoms with van der Waals surface area (Å²) in [6, 6.07) is 5.82. The zero-order chi connectivity index (χ0) is 18.9. The van der Waals surface area contributed by atoms with Gasteiger partial charge < -0.3 is 10.2 Å². The molecule has 0 radical (unpaired) electrons. The number of hydrogen-bond acceptors (Lipinski definition) is 4. The number of aliphatic carboxylic acids is 2. The van der Waals surface area contributed by atoms with E-state index in [0.29, 0.717) is 12.8 Å². The van der Waals surface area contributed by atoms with E-state index in [-0.39, 0.29) is 23.7 Å². The minimum absolute atomic E-state index is 0.0176. The molecular formula is C17H24O7S. The SMILES string of the molecule is O=C(O)CCCCCCC(CCC(=O)O)c1ccc(S(=O)(=O)O)cc1. The Morgan fingerprint density at radius 3 is 1.92 bits per heavy atom. The molecule has 0 amide bonds. The highest BCUT2D eigenvalue weighted by Crippen LogP contribution is 2.28. The number of benzene rings is 1. The number of carboxylic acids is 2. The van der Waals surface area contributed by atoms with Crippen LogP contribution in [0.5, 0.6) is 0 Å². The smallest absolute Gasteiger partial charge is 0.303 e. The normalized spacial score (nSPS) is 12.7. The first-order chi connectivity index (χ1) is 11.7. The first-order valence-corrected chi connectivity index (χ1v) is 9.65. The average molecular weight is 372 g/mol. The zero-order valence-electron chi connectivity index (χ0n) is 13.9. The molecule has 0 aliphatic heterocycles. The number of rotatable bonds is 12. The van der Waals surface area contributed by atoms with Crippen molar-refractivity contribution >= 4 is 22.1 Å². The standard InChI is InChI=1S/C17H24O7S/c18-16(19)6-4-2-1-3-5-13(9-12-17(20)21)14-7-10-15(11-8-14)25(22,23)24/h7-8,10-11,13H,1-6,9,12H2,(H,18,19)(H,20,21)(H,22,23,24). The summed E-state index contributed by atoms with van der Waals surface area (Å²) in [5.74, 6) is -1.72. The largest absolute Gasteiger partial charge is 0.481 e. The molecule has 1 aromatic rings. The molecule has 8 heteroatoms.